The molecule has 0 spiro atoms. The van der Waals surface area contributed by atoms with Gasteiger partial charge in [-0.3, -0.25) is 0 Å². The lowest BCUT2D eigenvalue weighted by Gasteiger charge is -2.10. The number of phenols is 1. The zero-order valence-corrected chi connectivity index (χ0v) is 10.1. The molecule has 0 saturated heterocycles. The van der Waals surface area contributed by atoms with Crippen molar-refractivity contribution in [3.63, 3.8) is 0 Å². The Labute approximate surface area is 100 Å². The summed E-state index contributed by atoms with van der Waals surface area (Å²) in [5.74, 6) is 1.63. The van der Waals surface area contributed by atoms with Crippen LogP contribution in [-0.2, 0) is 13.2 Å². The normalized spacial score (nSPS) is 10.5. The Kier molecular flexibility index (Phi) is 3.32. The summed E-state index contributed by atoms with van der Waals surface area (Å²) in [7, 11) is 0. The Morgan fingerprint density at radius 3 is 2.82 bits per heavy atom. The molecule has 4 heteroatoms. The van der Waals surface area contributed by atoms with Crippen LogP contribution in [0.25, 0.3) is 0 Å². The minimum Gasteiger partial charge on any atom is -0.504 e. The van der Waals surface area contributed by atoms with E-state index < -0.39 is 0 Å². The summed E-state index contributed by atoms with van der Waals surface area (Å²) < 4.78 is 7.65. The van der Waals surface area contributed by atoms with Crippen molar-refractivity contribution < 1.29 is 9.84 Å². The maximum atomic E-state index is 9.57. The van der Waals surface area contributed by atoms with E-state index in [0.29, 0.717) is 12.4 Å². The predicted octanol–water partition coefficient (Wildman–Crippen LogP) is 2.50. The summed E-state index contributed by atoms with van der Waals surface area (Å²) >= 11 is 0. The van der Waals surface area contributed by atoms with Gasteiger partial charge in [0.15, 0.2) is 11.5 Å². The molecule has 0 bridgehead atoms. The highest BCUT2D eigenvalue weighted by molar-refractivity contribution is 5.37. The van der Waals surface area contributed by atoms with E-state index >= 15 is 0 Å². The Bertz CT molecular complexity index is 506. The molecule has 0 aliphatic heterocycles. The van der Waals surface area contributed by atoms with E-state index in [1.165, 1.54) is 0 Å². The SMILES string of the molecule is CCn1c(COc2ccccc2O)cnc1C. The number of aryl methyl sites for hydroxylation is 1. The molecule has 1 aromatic carbocycles. The van der Waals surface area contributed by atoms with Gasteiger partial charge in [-0.1, -0.05) is 12.1 Å². The van der Waals surface area contributed by atoms with Crippen LogP contribution in [0.15, 0.2) is 30.5 Å². The third kappa shape index (κ3) is 2.41. The summed E-state index contributed by atoms with van der Waals surface area (Å²) in [6.07, 6.45) is 1.80. The van der Waals surface area contributed by atoms with Crippen molar-refractivity contribution in [3.05, 3.63) is 42.0 Å². The van der Waals surface area contributed by atoms with Crippen molar-refractivity contribution in [2.75, 3.05) is 0 Å². The van der Waals surface area contributed by atoms with Crippen molar-refractivity contribution in [2.45, 2.75) is 27.0 Å². The predicted molar refractivity (Wildman–Crippen MR) is 65.1 cm³/mol. The molecule has 0 saturated carbocycles. The van der Waals surface area contributed by atoms with Crippen LogP contribution in [0.3, 0.4) is 0 Å². The van der Waals surface area contributed by atoms with Crippen LogP contribution in [-0.4, -0.2) is 14.7 Å². The highest BCUT2D eigenvalue weighted by Crippen LogP contribution is 2.25. The lowest BCUT2D eigenvalue weighted by Crippen LogP contribution is -2.06. The van der Waals surface area contributed by atoms with Gasteiger partial charge in [-0.05, 0) is 26.0 Å². The fourth-order valence-corrected chi connectivity index (χ4v) is 1.79. The van der Waals surface area contributed by atoms with Gasteiger partial charge in [0, 0.05) is 6.54 Å². The summed E-state index contributed by atoms with van der Waals surface area (Å²) in [4.78, 5) is 4.24. The average molecular weight is 232 g/mol. The molecule has 17 heavy (non-hydrogen) atoms. The molecule has 0 atom stereocenters. The van der Waals surface area contributed by atoms with Gasteiger partial charge in [-0.2, -0.15) is 0 Å². The quantitative estimate of drug-likeness (QED) is 0.881. The number of benzene rings is 1. The molecular weight excluding hydrogens is 216 g/mol. The summed E-state index contributed by atoms with van der Waals surface area (Å²) in [5, 5.41) is 9.57. The van der Waals surface area contributed by atoms with Gasteiger partial charge in [-0.25, -0.2) is 4.98 Å². The molecule has 0 amide bonds. The van der Waals surface area contributed by atoms with E-state index in [-0.39, 0.29) is 5.75 Å². The smallest absolute Gasteiger partial charge is 0.161 e. The largest absolute Gasteiger partial charge is 0.504 e. The first kappa shape index (κ1) is 11.5. The van der Waals surface area contributed by atoms with Crippen molar-refractivity contribution in [3.8, 4) is 11.5 Å². The van der Waals surface area contributed by atoms with Crippen LogP contribution in [0.1, 0.15) is 18.4 Å². The van der Waals surface area contributed by atoms with E-state index in [9.17, 15) is 5.11 Å². The number of phenolic OH excluding ortho intramolecular Hbond substituents is 1. The number of imidazole rings is 1. The van der Waals surface area contributed by atoms with Gasteiger partial charge < -0.3 is 14.4 Å². The topological polar surface area (TPSA) is 47.3 Å². The number of ether oxygens (including phenoxy) is 1. The van der Waals surface area contributed by atoms with Crippen LogP contribution >= 0.6 is 0 Å². The maximum absolute atomic E-state index is 9.57. The highest BCUT2D eigenvalue weighted by atomic mass is 16.5. The lowest BCUT2D eigenvalue weighted by molar-refractivity contribution is 0.279. The van der Waals surface area contributed by atoms with Crippen molar-refractivity contribution in [1.29, 1.82) is 0 Å². The molecule has 1 N–H and O–H groups in total. The molecule has 0 radical (unpaired) electrons. The number of nitrogens with zero attached hydrogens (tertiary/aromatic N) is 2. The van der Waals surface area contributed by atoms with Gasteiger partial charge in [-0.15, -0.1) is 0 Å². The zero-order chi connectivity index (χ0) is 12.3. The molecule has 0 unspecified atom stereocenters. The molecule has 0 fully saturated rings. The Hall–Kier alpha value is -1.97. The third-order valence-corrected chi connectivity index (χ3v) is 2.69. The van der Waals surface area contributed by atoms with Gasteiger partial charge in [0.1, 0.15) is 12.4 Å². The zero-order valence-electron chi connectivity index (χ0n) is 10.1. The Balaban J connectivity index is 2.10. The fraction of sp³-hybridized carbons (Fsp3) is 0.308. The molecular formula is C13H16N2O2. The van der Waals surface area contributed by atoms with E-state index in [1.807, 2.05) is 13.0 Å². The van der Waals surface area contributed by atoms with Gasteiger partial charge in [0.05, 0.1) is 11.9 Å². The number of hydrogen-bond donors (Lipinski definition) is 1. The second kappa shape index (κ2) is 4.91. The first-order chi connectivity index (χ1) is 8.22. The number of para-hydroxylation sites is 2. The van der Waals surface area contributed by atoms with Crippen LogP contribution in [0.5, 0.6) is 11.5 Å². The second-order valence-corrected chi connectivity index (χ2v) is 3.80. The molecule has 4 nitrogen and oxygen atoms in total. The van der Waals surface area contributed by atoms with E-state index in [0.717, 1.165) is 18.1 Å². The average Bonchev–Trinajstić information content (AvgIpc) is 2.69. The fourth-order valence-electron chi connectivity index (χ4n) is 1.79. The summed E-state index contributed by atoms with van der Waals surface area (Å²) in [6, 6.07) is 6.95. The maximum Gasteiger partial charge on any atom is 0.161 e. The number of aromatic hydroxyl groups is 1. The first-order valence-corrected chi connectivity index (χ1v) is 5.64. The standard InChI is InChI=1S/C13H16N2O2/c1-3-15-10(2)14-8-11(15)9-17-13-7-5-4-6-12(13)16/h4-8,16H,3,9H2,1-2H3. The van der Waals surface area contributed by atoms with Crippen molar-refractivity contribution in [2.24, 2.45) is 0 Å². The van der Waals surface area contributed by atoms with Crippen LogP contribution in [0.2, 0.25) is 0 Å². The first-order valence-electron chi connectivity index (χ1n) is 5.64. The highest BCUT2D eigenvalue weighted by Gasteiger charge is 2.07. The van der Waals surface area contributed by atoms with Gasteiger partial charge in [0.2, 0.25) is 0 Å². The lowest BCUT2D eigenvalue weighted by atomic mass is 10.3. The molecule has 0 aliphatic rings. The minimum atomic E-state index is 0.159. The molecule has 2 rings (SSSR count). The van der Waals surface area contributed by atoms with Crippen molar-refractivity contribution >= 4 is 0 Å². The number of hydrogen-bond acceptors (Lipinski definition) is 3. The number of rotatable bonds is 4. The third-order valence-electron chi connectivity index (χ3n) is 2.69. The van der Waals surface area contributed by atoms with Crippen LogP contribution in [0.4, 0.5) is 0 Å². The van der Waals surface area contributed by atoms with E-state index in [1.54, 1.807) is 24.4 Å². The number of aromatic nitrogens is 2. The monoisotopic (exact) mass is 232 g/mol. The Morgan fingerprint density at radius 1 is 1.35 bits per heavy atom. The molecule has 1 heterocycles. The minimum absolute atomic E-state index is 0.159. The molecule has 0 aliphatic carbocycles. The molecule has 1 aromatic heterocycles. The van der Waals surface area contributed by atoms with E-state index in [4.69, 9.17) is 4.74 Å². The molecule has 2 aromatic rings. The summed E-state index contributed by atoms with van der Waals surface area (Å²) in [5.41, 5.74) is 1.01. The second-order valence-electron chi connectivity index (χ2n) is 3.80. The van der Waals surface area contributed by atoms with Gasteiger partial charge >= 0.3 is 0 Å². The van der Waals surface area contributed by atoms with Gasteiger partial charge in [0.25, 0.3) is 0 Å². The Morgan fingerprint density at radius 2 is 2.12 bits per heavy atom. The van der Waals surface area contributed by atoms with Crippen molar-refractivity contribution in [1.82, 2.24) is 9.55 Å². The summed E-state index contributed by atoms with van der Waals surface area (Å²) in [6.45, 7) is 5.31. The van der Waals surface area contributed by atoms with E-state index in [2.05, 4.69) is 16.5 Å². The van der Waals surface area contributed by atoms with Crippen LogP contribution in [0, 0.1) is 6.92 Å². The molecule has 90 valence electrons. The van der Waals surface area contributed by atoms with Crippen LogP contribution < -0.4 is 4.74 Å².